The summed E-state index contributed by atoms with van der Waals surface area (Å²) in [5.74, 6) is 0.254. The van der Waals surface area contributed by atoms with Crippen LogP contribution in [0.2, 0.25) is 0 Å². The Morgan fingerprint density at radius 2 is 1.95 bits per heavy atom. The van der Waals surface area contributed by atoms with Crippen molar-refractivity contribution < 1.29 is 9.13 Å². The largest absolute Gasteiger partial charge is 0.488 e. The van der Waals surface area contributed by atoms with Gasteiger partial charge >= 0.3 is 0 Å². The highest BCUT2D eigenvalue weighted by atomic mass is 79.9. The van der Waals surface area contributed by atoms with E-state index in [0.29, 0.717) is 16.9 Å². The predicted octanol–water partition coefficient (Wildman–Crippen LogP) is 4.80. The van der Waals surface area contributed by atoms with Gasteiger partial charge in [0.05, 0.1) is 16.1 Å². The van der Waals surface area contributed by atoms with Crippen LogP contribution in [0, 0.1) is 17.1 Å². The van der Waals surface area contributed by atoms with Crippen LogP contribution in [-0.2, 0) is 6.61 Å². The Hall–Kier alpha value is -1.38. The van der Waals surface area contributed by atoms with Gasteiger partial charge in [0.15, 0.2) is 0 Å². The molecule has 0 amide bonds. The lowest BCUT2D eigenvalue weighted by Crippen LogP contribution is -1.99. The summed E-state index contributed by atoms with van der Waals surface area (Å²) in [4.78, 5) is 0. The molecular weight excluding hydrogens is 377 g/mol. The Morgan fingerprint density at radius 1 is 1.16 bits per heavy atom. The Morgan fingerprint density at radius 3 is 2.63 bits per heavy atom. The van der Waals surface area contributed by atoms with E-state index in [-0.39, 0.29) is 12.4 Å². The number of hydrogen-bond acceptors (Lipinski definition) is 2. The minimum atomic E-state index is -0.382. The van der Waals surface area contributed by atoms with Crippen molar-refractivity contribution in [3.8, 4) is 11.8 Å². The second-order valence-corrected chi connectivity index (χ2v) is 5.55. The molecule has 0 unspecified atom stereocenters. The predicted molar refractivity (Wildman–Crippen MR) is 77.3 cm³/mol. The molecule has 2 aromatic carbocycles. The summed E-state index contributed by atoms with van der Waals surface area (Å²) in [6.45, 7) is 0.140. The van der Waals surface area contributed by atoms with Crippen LogP contribution in [0.4, 0.5) is 4.39 Å². The molecule has 0 saturated heterocycles. The molecule has 5 heteroatoms. The van der Waals surface area contributed by atoms with Gasteiger partial charge < -0.3 is 4.74 Å². The number of halogens is 3. The zero-order chi connectivity index (χ0) is 13.8. The van der Waals surface area contributed by atoms with Crippen molar-refractivity contribution in [3.05, 3.63) is 62.3 Å². The first kappa shape index (κ1) is 14.0. The van der Waals surface area contributed by atoms with Crippen molar-refractivity contribution in [1.82, 2.24) is 0 Å². The fraction of sp³-hybridized carbons (Fsp3) is 0.0714. The van der Waals surface area contributed by atoms with Crippen LogP contribution < -0.4 is 4.74 Å². The van der Waals surface area contributed by atoms with Crippen LogP contribution in [0.5, 0.6) is 5.75 Å². The maximum absolute atomic E-state index is 13.2. The molecule has 2 nitrogen and oxygen atoms in total. The van der Waals surface area contributed by atoms with E-state index < -0.39 is 0 Å². The fourth-order valence-electron chi connectivity index (χ4n) is 1.54. The van der Waals surface area contributed by atoms with E-state index in [9.17, 15) is 4.39 Å². The highest BCUT2D eigenvalue weighted by molar-refractivity contribution is 9.11. The van der Waals surface area contributed by atoms with Crippen molar-refractivity contribution in [2.75, 3.05) is 0 Å². The van der Waals surface area contributed by atoms with E-state index in [4.69, 9.17) is 10.00 Å². The van der Waals surface area contributed by atoms with Crippen molar-refractivity contribution >= 4 is 31.9 Å². The highest BCUT2D eigenvalue weighted by Gasteiger charge is 2.07. The van der Waals surface area contributed by atoms with Gasteiger partial charge in [0.1, 0.15) is 18.2 Å². The molecule has 0 bridgehead atoms. The van der Waals surface area contributed by atoms with Gasteiger partial charge in [-0.15, -0.1) is 0 Å². The summed E-state index contributed by atoms with van der Waals surface area (Å²) >= 11 is 6.72. The lowest BCUT2D eigenvalue weighted by molar-refractivity contribution is 0.303. The quantitative estimate of drug-likeness (QED) is 0.761. The van der Waals surface area contributed by atoms with Crippen molar-refractivity contribution in [2.24, 2.45) is 0 Å². The number of nitrogens with zero attached hydrogens (tertiary/aromatic N) is 1. The zero-order valence-electron chi connectivity index (χ0n) is 9.66. The zero-order valence-corrected chi connectivity index (χ0v) is 12.8. The molecule has 0 fully saturated rings. The second-order valence-electron chi connectivity index (χ2n) is 3.78. The van der Waals surface area contributed by atoms with Crippen LogP contribution in [0.1, 0.15) is 11.1 Å². The molecule has 0 aliphatic rings. The van der Waals surface area contributed by atoms with E-state index in [0.717, 1.165) is 8.95 Å². The average Bonchev–Trinajstić information content (AvgIpc) is 2.38. The minimum absolute atomic E-state index is 0.140. The van der Waals surface area contributed by atoms with Gasteiger partial charge in [-0.25, -0.2) is 4.39 Å². The van der Waals surface area contributed by atoms with Gasteiger partial charge in [-0.3, -0.25) is 0 Å². The molecule has 0 heterocycles. The topological polar surface area (TPSA) is 33.0 Å². The molecule has 0 aromatic heterocycles. The first-order chi connectivity index (χ1) is 9.10. The summed E-state index contributed by atoms with van der Waals surface area (Å²) in [6, 6.07) is 11.5. The Labute approximate surface area is 127 Å². The molecule has 0 N–H and O–H groups in total. The summed E-state index contributed by atoms with van der Waals surface area (Å²) in [5, 5.41) is 8.95. The molecule has 0 atom stereocenters. The summed E-state index contributed by atoms with van der Waals surface area (Å²) in [7, 11) is 0. The van der Waals surface area contributed by atoms with Gasteiger partial charge in [0, 0.05) is 10.0 Å². The Bertz CT molecular complexity index is 652. The number of ether oxygens (including phenoxy) is 1. The molecule has 2 aromatic rings. The highest BCUT2D eigenvalue weighted by Crippen LogP contribution is 2.29. The monoisotopic (exact) mass is 383 g/mol. The minimum Gasteiger partial charge on any atom is -0.488 e. The van der Waals surface area contributed by atoms with E-state index in [2.05, 4.69) is 31.9 Å². The molecular formula is C14H8Br2FNO. The van der Waals surface area contributed by atoms with Gasteiger partial charge in [0.25, 0.3) is 0 Å². The number of nitriles is 1. The molecule has 0 radical (unpaired) electrons. The number of rotatable bonds is 3. The second kappa shape index (κ2) is 6.18. The first-order valence-electron chi connectivity index (χ1n) is 5.36. The SMILES string of the molecule is N#Cc1ccc(F)cc1COc1ccc(Br)cc1Br. The normalized spacial score (nSPS) is 10.0. The first-order valence-corrected chi connectivity index (χ1v) is 6.95. The standard InChI is InChI=1S/C14H8Br2FNO/c15-11-2-4-14(13(16)6-11)19-8-10-5-12(17)3-1-9(10)7-18/h1-6H,8H2. The summed E-state index contributed by atoms with van der Waals surface area (Å²) in [6.07, 6.45) is 0. The van der Waals surface area contributed by atoms with Gasteiger partial charge in [0.2, 0.25) is 0 Å². The van der Waals surface area contributed by atoms with Gasteiger partial charge in [-0.1, -0.05) is 15.9 Å². The van der Waals surface area contributed by atoms with Crippen molar-refractivity contribution in [3.63, 3.8) is 0 Å². The lowest BCUT2D eigenvalue weighted by atomic mass is 10.1. The van der Waals surface area contributed by atoms with Gasteiger partial charge in [-0.05, 0) is 52.3 Å². The molecule has 0 saturated carbocycles. The van der Waals surface area contributed by atoms with Crippen molar-refractivity contribution in [2.45, 2.75) is 6.61 Å². The maximum Gasteiger partial charge on any atom is 0.134 e. The smallest absolute Gasteiger partial charge is 0.134 e. The lowest BCUT2D eigenvalue weighted by Gasteiger charge is -2.09. The van der Waals surface area contributed by atoms with Gasteiger partial charge in [-0.2, -0.15) is 5.26 Å². The van der Waals surface area contributed by atoms with Crippen LogP contribution in [-0.4, -0.2) is 0 Å². The van der Waals surface area contributed by atoms with Crippen LogP contribution in [0.3, 0.4) is 0 Å². The van der Waals surface area contributed by atoms with Crippen LogP contribution >= 0.6 is 31.9 Å². The number of hydrogen-bond donors (Lipinski definition) is 0. The maximum atomic E-state index is 13.2. The third-order valence-corrected chi connectivity index (χ3v) is 3.58. The van der Waals surface area contributed by atoms with E-state index in [1.165, 1.54) is 18.2 Å². The molecule has 96 valence electrons. The Balaban J connectivity index is 2.19. The molecule has 0 spiro atoms. The van der Waals surface area contributed by atoms with Crippen LogP contribution in [0.25, 0.3) is 0 Å². The van der Waals surface area contributed by atoms with E-state index >= 15 is 0 Å². The number of benzene rings is 2. The van der Waals surface area contributed by atoms with E-state index in [1.54, 1.807) is 6.07 Å². The summed E-state index contributed by atoms with van der Waals surface area (Å²) < 4.78 is 20.5. The third-order valence-electron chi connectivity index (χ3n) is 2.46. The molecule has 0 aliphatic heterocycles. The molecule has 2 rings (SSSR count). The van der Waals surface area contributed by atoms with Crippen LogP contribution in [0.15, 0.2) is 45.3 Å². The van der Waals surface area contributed by atoms with Crippen molar-refractivity contribution in [1.29, 1.82) is 5.26 Å². The average molecular weight is 385 g/mol. The Kier molecular flexibility index (Phi) is 4.56. The fourth-order valence-corrected chi connectivity index (χ4v) is 2.70. The summed E-state index contributed by atoms with van der Waals surface area (Å²) in [5.41, 5.74) is 0.937. The molecule has 0 aliphatic carbocycles. The third kappa shape index (κ3) is 3.55. The molecule has 19 heavy (non-hydrogen) atoms. The van der Waals surface area contributed by atoms with E-state index in [1.807, 2.05) is 18.2 Å².